The number of hydrogen-bond acceptors (Lipinski definition) is 4. The van der Waals surface area contributed by atoms with Gasteiger partial charge in [0.2, 0.25) is 0 Å². The molecule has 0 atom stereocenters. The molecule has 7 heteroatoms. The van der Waals surface area contributed by atoms with Gasteiger partial charge < -0.3 is 11.1 Å². The summed E-state index contributed by atoms with van der Waals surface area (Å²) in [4.78, 5) is 22.7. The van der Waals surface area contributed by atoms with Crippen LogP contribution in [0.3, 0.4) is 0 Å². The number of carbonyl (C=O) groups excluding carboxylic acids is 1. The Morgan fingerprint density at radius 3 is 2.82 bits per heavy atom. The molecule has 1 rings (SSSR count). The number of nitrogens with two attached hydrogens (primary N) is 1. The highest BCUT2D eigenvalue weighted by molar-refractivity contribution is 7.80. The standard InChI is InChI=1S/C10H14N4O2S/c11-8(17)3-1-2-6-12-10(16)7-4-5-9(15)14-13-7/h4-5H,1-3,6H2,(H2,11,17)(H,12,16)(H,14,15). The fourth-order valence-corrected chi connectivity index (χ4v) is 1.33. The minimum atomic E-state index is -0.335. The van der Waals surface area contributed by atoms with Crippen LogP contribution in [0.2, 0.25) is 0 Å². The van der Waals surface area contributed by atoms with Gasteiger partial charge in [-0.05, 0) is 25.3 Å². The quantitative estimate of drug-likeness (QED) is 0.488. The van der Waals surface area contributed by atoms with E-state index in [1.807, 2.05) is 0 Å². The molecule has 0 saturated carbocycles. The van der Waals surface area contributed by atoms with Crippen LogP contribution in [0.25, 0.3) is 0 Å². The Morgan fingerprint density at radius 1 is 1.47 bits per heavy atom. The van der Waals surface area contributed by atoms with Gasteiger partial charge in [-0.25, -0.2) is 5.10 Å². The maximum atomic E-state index is 11.5. The maximum absolute atomic E-state index is 11.5. The van der Waals surface area contributed by atoms with E-state index >= 15 is 0 Å². The van der Waals surface area contributed by atoms with Gasteiger partial charge in [-0.15, -0.1) is 0 Å². The molecule has 92 valence electrons. The Balaban J connectivity index is 2.28. The molecule has 6 nitrogen and oxygen atoms in total. The fraction of sp³-hybridized carbons (Fsp3) is 0.400. The second-order valence-corrected chi connectivity index (χ2v) is 4.01. The van der Waals surface area contributed by atoms with Crippen molar-refractivity contribution in [2.24, 2.45) is 5.73 Å². The van der Waals surface area contributed by atoms with Crippen LogP contribution in [-0.2, 0) is 0 Å². The lowest BCUT2D eigenvalue weighted by Gasteiger charge is -2.03. The van der Waals surface area contributed by atoms with Crippen LogP contribution >= 0.6 is 12.2 Å². The van der Waals surface area contributed by atoms with Gasteiger partial charge in [0.1, 0.15) is 5.69 Å². The lowest BCUT2D eigenvalue weighted by atomic mass is 10.2. The molecule has 1 heterocycles. The Bertz CT molecular complexity index is 437. The van der Waals surface area contributed by atoms with Crippen LogP contribution in [0.15, 0.2) is 16.9 Å². The summed E-state index contributed by atoms with van der Waals surface area (Å²) in [6, 6.07) is 2.64. The third-order valence-electron chi connectivity index (χ3n) is 2.05. The number of H-pyrrole nitrogens is 1. The van der Waals surface area contributed by atoms with Gasteiger partial charge in [0, 0.05) is 12.6 Å². The Kier molecular flexibility index (Phi) is 5.28. The third kappa shape index (κ3) is 5.21. The SMILES string of the molecule is NC(=S)CCCCNC(=O)c1ccc(=O)[nH]n1. The van der Waals surface area contributed by atoms with E-state index in [1.165, 1.54) is 12.1 Å². The first kappa shape index (κ1) is 13.3. The van der Waals surface area contributed by atoms with E-state index in [4.69, 9.17) is 18.0 Å². The Labute approximate surface area is 104 Å². The van der Waals surface area contributed by atoms with Gasteiger partial charge in [-0.3, -0.25) is 9.59 Å². The Morgan fingerprint density at radius 2 is 2.24 bits per heavy atom. The van der Waals surface area contributed by atoms with E-state index in [-0.39, 0.29) is 17.2 Å². The number of amides is 1. The summed E-state index contributed by atoms with van der Waals surface area (Å²) in [6.07, 6.45) is 2.32. The maximum Gasteiger partial charge on any atom is 0.271 e. The molecule has 1 amide bonds. The minimum absolute atomic E-state index is 0.193. The molecular formula is C10H14N4O2S. The molecule has 0 saturated heterocycles. The summed E-state index contributed by atoms with van der Waals surface area (Å²) < 4.78 is 0. The van der Waals surface area contributed by atoms with Crippen molar-refractivity contribution >= 4 is 23.1 Å². The minimum Gasteiger partial charge on any atom is -0.393 e. The predicted octanol–water partition coefficient (Wildman–Crippen LogP) is -0.0439. The largest absolute Gasteiger partial charge is 0.393 e. The number of aromatic nitrogens is 2. The van der Waals surface area contributed by atoms with Gasteiger partial charge in [-0.2, -0.15) is 5.10 Å². The summed E-state index contributed by atoms with van der Waals surface area (Å²) in [7, 11) is 0. The van der Waals surface area contributed by atoms with E-state index in [9.17, 15) is 9.59 Å². The van der Waals surface area contributed by atoms with Gasteiger partial charge in [-0.1, -0.05) is 12.2 Å². The first-order valence-corrected chi connectivity index (χ1v) is 5.62. The third-order valence-corrected chi connectivity index (χ3v) is 2.25. The fourth-order valence-electron chi connectivity index (χ4n) is 1.19. The van der Waals surface area contributed by atoms with Crippen molar-refractivity contribution in [1.29, 1.82) is 0 Å². The van der Waals surface area contributed by atoms with Crippen molar-refractivity contribution in [1.82, 2.24) is 15.5 Å². The highest BCUT2D eigenvalue weighted by atomic mass is 32.1. The van der Waals surface area contributed by atoms with E-state index in [2.05, 4.69) is 15.5 Å². The molecule has 17 heavy (non-hydrogen) atoms. The number of rotatable bonds is 6. The van der Waals surface area contributed by atoms with Crippen LogP contribution < -0.4 is 16.6 Å². The molecular weight excluding hydrogens is 240 g/mol. The second-order valence-electron chi connectivity index (χ2n) is 3.49. The average molecular weight is 254 g/mol. The summed E-state index contributed by atoms with van der Waals surface area (Å²) in [6.45, 7) is 0.530. The molecule has 0 aliphatic carbocycles. The first-order valence-electron chi connectivity index (χ1n) is 5.22. The topological polar surface area (TPSA) is 101 Å². The van der Waals surface area contributed by atoms with Crippen molar-refractivity contribution in [2.45, 2.75) is 19.3 Å². The summed E-state index contributed by atoms with van der Waals surface area (Å²) in [5, 5.41) is 8.50. The van der Waals surface area contributed by atoms with E-state index in [0.717, 1.165) is 12.8 Å². The number of nitrogens with zero attached hydrogens (tertiary/aromatic N) is 1. The Hall–Kier alpha value is -1.76. The van der Waals surface area contributed by atoms with Crippen molar-refractivity contribution < 1.29 is 4.79 Å². The molecule has 4 N–H and O–H groups in total. The molecule has 0 aromatic carbocycles. The van der Waals surface area contributed by atoms with Gasteiger partial charge in [0.05, 0.1) is 4.99 Å². The first-order chi connectivity index (χ1) is 8.09. The van der Waals surface area contributed by atoms with Gasteiger partial charge >= 0.3 is 0 Å². The number of unbranched alkanes of at least 4 members (excludes halogenated alkanes) is 1. The monoisotopic (exact) mass is 254 g/mol. The smallest absolute Gasteiger partial charge is 0.271 e. The number of nitrogens with one attached hydrogen (secondary N) is 2. The second kappa shape index (κ2) is 6.74. The van der Waals surface area contributed by atoms with Crippen molar-refractivity contribution in [3.05, 3.63) is 28.2 Å². The lowest BCUT2D eigenvalue weighted by Crippen LogP contribution is -2.26. The molecule has 0 unspecified atom stereocenters. The number of carbonyl (C=O) groups is 1. The number of thiocarbonyl (C=S) groups is 1. The van der Waals surface area contributed by atoms with Gasteiger partial charge in [0.15, 0.2) is 0 Å². The zero-order chi connectivity index (χ0) is 12.7. The zero-order valence-corrected chi connectivity index (χ0v) is 10.0. The molecule has 0 fully saturated rings. The lowest BCUT2D eigenvalue weighted by molar-refractivity contribution is 0.0947. The molecule has 0 aliphatic rings. The van der Waals surface area contributed by atoms with Crippen LogP contribution in [0.1, 0.15) is 29.8 Å². The van der Waals surface area contributed by atoms with E-state index in [0.29, 0.717) is 18.0 Å². The summed E-state index contributed by atoms with van der Waals surface area (Å²) >= 11 is 4.73. The van der Waals surface area contributed by atoms with Crippen molar-refractivity contribution in [2.75, 3.05) is 6.54 Å². The molecule has 0 aliphatic heterocycles. The number of hydrogen-bond donors (Lipinski definition) is 3. The molecule has 0 bridgehead atoms. The average Bonchev–Trinajstić information content (AvgIpc) is 2.29. The molecule has 0 spiro atoms. The summed E-state index contributed by atoms with van der Waals surface area (Å²) in [5.41, 5.74) is 5.20. The zero-order valence-electron chi connectivity index (χ0n) is 9.23. The highest BCUT2D eigenvalue weighted by Gasteiger charge is 2.05. The molecule has 1 aromatic heterocycles. The van der Waals surface area contributed by atoms with Crippen LogP contribution in [0, 0.1) is 0 Å². The highest BCUT2D eigenvalue weighted by Crippen LogP contribution is 1.95. The molecule has 0 radical (unpaired) electrons. The normalized spacial score (nSPS) is 9.88. The van der Waals surface area contributed by atoms with Crippen LogP contribution in [0.5, 0.6) is 0 Å². The van der Waals surface area contributed by atoms with E-state index in [1.54, 1.807) is 0 Å². The van der Waals surface area contributed by atoms with Gasteiger partial charge in [0.25, 0.3) is 11.5 Å². The van der Waals surface area contributed by atoms with E-state index < -0.39 is 0 Å². The van der Waals surface area contributed by atoms with Crippen molar-refractivity contribution in [3.8, 4) is 0 Å². The molecule has 1 aromatic rings. The number of aromatic amines is 1. The van der Waals surface area contributed by atoms with Crippen LogP contribution in [-0.4, -0.2) is 27.6 Å². The van der Waals surface area contributed by atoms with Crippen molar-refractivity contribution in [3.63, 3.8) is 0 Å². The predicted molar refractivity (Wildman–Crippen MR) is 67.8 cm³/mol. The van der Waals surface area contributed by atoms with Crippen LogP contribution in [0.4, 0.5) is 0 Å². The summed E-state index contributed by atoms with van der Waals surface area (Å²) in [5.74, 6) is -0.309.